The highest BCUT2D eigenvalue weighted by atomic mass is 16.5. The third-order valence-electron chi connectivity index (χ3n) is 2.44. The fourth-order valence-corrected chi connectivity index (χ4v) is 1.51. The second-order valence-electron chi connectivity index (χ2n) is 3.98. The number of hydrogen-bond acceptors (Lipinski definition) is 4. The van der Waals surface area contributed by atoms with Gasteiger partial charge in [-0.05, 0) is 25.0 Å². The topological polar surface area (TPSA) is 73.6 Å². The quantitative estimate of drug-likeness (QED) is 0.563. The van der Waals surface area contributed by atoms with E-state index < -0.39 is 0 Å². The fraction of sp³-hybridized carbons (Fsp3) is 0.462. The average Bonchev–Trinajstić information content (AvgIpc) is 2.34. The van der Waals surface area contributed by atoms with Crippen LogP contribution in [-0.2, 0) is 9.53 Å². The number of aryl methyl sites for hydroxylation is 1. The normalized spacial score (nSPS) is 10.1. The van der Waals surface area contributed by atoms with Crippen LogP contribution in [0, 0.1) is 6.92 Å². The van der Waals surface area contributed by atoms with Gasteiger partial charge in [0.15, 0.2) is 6.61 Å². The predicted molar refractivity (Wildman–Crippen MR) is 70.6 cm³/mol. The number of benzene rings is 1. The highest BCUT2D eigenvalue weighted by Gasteiger charge is 2.07. The van der Waals surface area contributed by atoms with Crippen LogP contribution in [0.3, 0.4) is 0 Å². The van der Waals surface area contributed by atoms with E-state index >= 15 is 0 Å². The van der Waals surface area contributed by atoms with Crippen molar-refractivity contribution in [2.75, 3.05) is 32.6 Å². The molecular formula is C13H20N2O3. The molecule has 1 aromatic rings. The molecule has 0 atom stereocenters. The summed E-state index contributed by atoms with van der Waals surface area (Å²) < 4.78 is 10.3. The average molecular weight is 252 g/mol. The van der Waals surface area contributed by atoms with Gasteiger partial charge in [-0.25, -0.2) is 0 Å². The molecule has 0 saturated heterocycles. The second-order valence-corrected chi connectivity index (χ2v) is 3.98. The van der Waals surface area contributed by atoms with Crippen LogP contribution in [0.2, 0.25) is 0 Å². The Bertz CT molecular complexity index is 374. The van der Waals surface area contributed by atoms with E-state index in [1.165, 1.54) is 0 Å². The standard InChI is InChI=1S/C13H20N2O3/c1-10-5-3-6-11(14)13(10)18-9-12(16)15-7-4-8-17-2/h3,5-6H,4,7-9,14H2,1-2H3,(H,15,16). The summed E-state index contributed by atoms with van der Waals surface area (Å²) in [4.78, 5) is 11.5. The fourth-order valence-electron chi connectivity index (χ4n) is 1.51. The van der Waals surface area contributed by atoms with E-state index in [2.05, 4.69) is 5.32 Å². The molecule has 0 saturated carbocycles. The lowest BCUT2D eigenvalue weighted by atomic mass is 10.2. The molecule has 0 aromatic heterocycles. The number of amides is 1. The minimum Gasteiger partial charge on any atom is -0.481 e. The molecule has 18 heavy (non-hydrogen) atoms. The van der Waals surface area contributed by atoms with Crippen molar-refractivity contribution in [3.05, 3.63) is 23.8 Å². The van der Waals surface area contributed by atoms with Crippen molar-refractivity contribution in [2.24, 2.45) is 0 Å². The molecule has 5 nitrogen and oxygen atoms in total. The van der Waals surface area contributed by atoms with E-state index in [9.17, 15) is 4.79 Å². The lowest BCUT2D eigenvalue weighted by Crippen LogP contribution is -2.30. The zero-order valence-electron chi connectivity index (χ0n) is 10.9. The van der Waals surface area contributed by atoms with E-state index in [-0.39, 0.29) is 12.5 Å². The summed E-state index contributed by atoms with van der Waals surface area (Å²) in [5.74, 6) is 0.415. The highest BCUT2D eigenvalue weighted by Crippen LogP contribution is 2.24. The Morgan fingerprint density at radius 3 is 2.89 bits per heavy atom. The van der Waals surface area contributed by atoms with Crippen LogP contribution in [0.5, 0.6) is 5.75 Å². The van der Waals surface area contributed by atoms with E-state index in [1.807, 2.05) is 19.1 Å². The molecule has 0 bridgehead atoms. The number of ether oxygens (including phenoxy) is 2. The summed E-state index contributed by atoms with van der Waals surface area (Å²) in [6.07, 6.45) is 0.786. The van der Waals surface area contributed by atoms with Gasteiger partial charge in [0.25, 0.3) is 5.91 Å². The molecule has 1 amide bonds. The van der Waals surface area contributed by atoms with E-state index in [1.54, 1.807) is 13.2 Å². The number of nitrogens with one attached hydrogen (secondary N) is 1. The van der Waals surface area contributed by atoms with Crippen molar-refractivity contribution in [3.8, 4) is 5.75 Å². The van der Waals surface area contributed by atoms with Crippen LogP contribution >= 0.6 is 0 Å². The van der Waals surface area contributed by atoms with Crippen LogP contribution in [0.4, 0.5) is 5.69 Å². The van der Waals surface area contributed by atoms with Crippen LogP contribution in [0.15, 0.2) is 18.2 Å². The van der Waals surface area contributed by atoms with Gasteiger partial charge in [-0.1, -0.05) is 12.1 Å². The Kier molecular flexibility index (Phi) is 6.00. The smallest absolute Gasteiger partial charge is 0.257 e. The molecule has 1 rings (SSSR count). The van der Waals surface area contributed by atoms with Crippen LogP contribution in [-0.4, -0.2) is 32.8 Å². The number of nitrogen functional groups attached to an aromatic ring is 1. The number of hydrogen-bond donors (Lipinski definition) is 2. The highest BCUT2D eigenvalue weighted by molar-refractivity contribution is 5.77. The third-order valence-corrected chi connectivity index (χ3v) is 2.44. The number of anilines is 1. The molecule has 0 aliphatic rings. The minimum absolute atomic E-state index is 0.0258. The Labute approximate surface area is 107 Å². The van der Waals surface area contributed by atoms with Gasteiger partial charge >= 0.3 is 0 Å². The van der Waals surface area contributed by atoms with Crippen molar-refractivity contribution >= 4 is 11.6 Å². The van der Waals surface area contributed by atoms with E-state index in [4.69, 9.17) is 15.2 Å². The number of nitrogens with two attached hydrogens (primary N) is 1. The van der Waals surface area contributed by atoms with Crippen molar-refractivity contribution in [3.63, 3.8) is 0 Å². The van der Waals surface area contributed by atoms with Gasteiger partial charge in [0, 0.05) is 20.3 Å². The molecule has 0 unspecified atom stereocenters. The number of carbonyl (C=O) groups is 1. The van der Waals surface area contributed by atoms with E-state index in [0.717, 1.165) is 12.0 Å². The zero-order chi connectivity index (χ0) is 13.4. The Morgan fingerprint density at radius 1 is 1.44 bits per heavy atom. The molecule has 100 valence electrons. The monoisotopic (exact) mass is 252 g/mol. The van der Waals surface area contributed by atoms with Crippen molar-refractivity contribution in [1.82, 2.24) is 5.32 Å². The van der Waals surface area contributed by atoms with Gasteiger partial charge < -0.3 is 20.5 Å². The first kappa shape index (κ1) is 14.3. The first-order chi connectivity index (χ1) is 8.65. The lowest BCUT2D eigenvalue weighted by molar-refractivity contribution is -0.123. The first-order valence-electron chi connectivity index (χ1n) is 5.88. The third kappa shape index (κ3) is 4.63. The summed E-state index contributed by atoms with van der Waals surface area (Å²) in [5, 5.41) is 2.74. The summed E-state index contributed by atoms with van der Waals surface area (Å²) in [5.41, 5.74) is 7.24. The SMILES string of the molecule is COCCCNC(=O)COc1c(C)cccc1N. The molecule has 0 aliphatic heterocycles. The summed E-state index contributed by atoms with van der Waals surface area (Å²) in [7, 11) is 1.63. The Morgan fingerprint density at radius 2 is 2.22 bits per heavy atom. The molecule has 0 heterocycles. The number of carbonyl (C=O) groups excluding carboxylic acids is 1. The summed E-state index contributed by atoms with van der Waals surface area (Å²) in [6, 6.07) is 5.49. The molecule has 1 aromatic carbocycles. The summed E-state index contributed by atoms with van der Waals surface area (Å²) in [6.45, 7) is 3.08. The predicted octanol–water partition coefficient (Wildman–Crippen LogP) is 1.11. The first-order valence-corrected chi connectivity index (χ1v) is 5.88. The van der Waals surface area contributed by atoms with Gasteiger partial charge in [-0.3, -0.25) is 4.79 Å². The molecule has 0 aliphatic carbocycles. The number of rotatable bonds is 7. The molecule has 5 heteroatoms. The molecule has 0 radical (unpaired) electrons. The maximum atomic E-state index is 11.5. The Hall–Kier alpha value is -1.75. The summed E-state index contributed by atoms with van der Waals surface area (Å²) >= 11 is 0. The molecular weight excluding hydrogens is 232 g/mol. The largest absolute Gasteiger partial charge is 0.481 e. The van der Waals surface area contributed by atoms with Crippen LogP contribution in [0.25, 0.3) is 0 Å². The number of para-hydroxylation sites is 1. The van der Waals surface area contributed by atoms with Gasteiger partial charge in [0.1, 0.15) is 5.75 Å². The van der Waals surface area contributed by atoms with Gasteiger partial charge in [-0.15, -0.1) is 0 Å². The van der Waals surface area contributed by atoms with E-state index in [0.29, 0.717) is 24.6 Å². The maximum Gasteiger partial charge on any atom is 0.257 e. The Balaban J connectivity index is 2.34. The van der Waals surface area contributed by atoms with Crippen LogP contribution in [0.1, 0.15) is 12.0 Å². The molecule has 3 N–H and O–H groups in total. The van der Waals surface area contributed by atoms with Gasteiger partial charge in [-0.2, -0.15) is 0 Å². The lowest BCUT2D eigenvalue weighted by Gasteiger charge is -2.11. The van der Waals surface area contributed by atoms with Crippen molar-refractivity contribution in [2.45, 2.75) is 13.3 Å². The maximum absolute atomic E-state index is 11.5. The van der Waals surface area contributed by atoms with Crippen LogP contribution < -0.4 is 15.8 Å². The molecule has 0 spiro atoms. The van der Waals surface area contributed by atoms with Crippen molar-refractivity contribution < 1.29 is 14.3 Å². The van der Waals surface area contributed by atoms with Crippen molar-refractivity contribution in [1.29, 1.82) is 0 Å². The minimum atomic E-state index is -0.159. The zero-order valence-corrected chi connectivity index (χ0v) is 10.9. The second kappa shape index (κ2) is 7.55. The molecule has 0 fully saturated rings. The van der Waals surface area contributed by atoms with Gasteiger partial charge in [0.05, 0.1) is 5.69 Å². The van der Waals surface area contributed by atoms with Gasteiger partial charge in [0.2, 0.25) is 0 Å². The number of methoxy groups -OCH3 is 1.